The van der Waals surface area contributed by atoms with E-state index >= 15 is 0 Å². The monoisotopic (exact) mass is 486 g/mol. The van der Waals surface area contributed by atoms with Gasteiger partial charge in [0.1, 0.15) is 11.6 Å². The molecule has 2 aromatic carbocycles. The van der Waals surface area contributed by atoms with Crippen molar-refractivity contribution < 1.29 is 18.7 Å². The normalized spacial score (nSPS) is 15.8. The fraction of sp³-hybridized carbons (Fsp3) is 0.208. The maximum Gasteiger partial charge on any atom is 0.338 e. The van der Waals surface area contributed by atoms with Gasteiger partial charge in [0.05, 0.1) is 40.6 Å². The minimum absolute atomic E-state index is 0.117. The van der Waals surface area contributed by atoms with Gasteiger partial charge in [0.25, 0.3) is 5.56 Å². The van der Waals surface area contributed by atoms with Crippen LogP contribution in [0.1, 0.15) is 31.0 Å². The number of fused-ring (bicyclic) bond motifs is 1. The Labute approximate surface area is 197 Å². The zero-order valence-corrected chi connectivity index (χ0v) is 19.7. The standard InChI is InChI=1S/C24H20ClFN2O4S/c1-4-32-23(30)20-13(2)27-24-28(21(20)14-8-10-15(31-3)11-9-14)22(29)19(33-24)12-16-17(25)6-5-7-18(16)26/h5-12,21H,4H2,1-3H3/b19-12-/t21-/m0/s1. The Morgan fingerprint density at radius 1 is 1.27 bits per heavy atom. The van der Waals surface area contributed by atoms with Crippen LogP contribution in [0.2, 0.25) is 5.02 Å². The molecule has 0 fully saturated rings. The summed E-state index contributed by atoms with van der Waals surface area (Å²) >= 11 is 7.26. The van der Waals surface area contributed by atoms with Crippen molar-refractivity contribution in [1.29, 1.82) is 0 Å². The van der Waals surface area contributed by atoms with Crippen LogP contribution in [0.15, 0.2) is 63.5 Å². The fourth-order valence-corrected chi connectivity index (χ4v) is 4.92. The van der Waals surface area contributed by atoms with Gasteiger partial charge < -0.3 is 9.47 Å². The van der Waals surface area contributed by atoms with Gasteiger partial charge in [0.2, 0.25) is 0 Å². The van der Waals surface area contributed by atoms with Crippen molar-refractivity contribution in [2.24, 2.45) is 4.99 Å². The summed E-state index contributed by atoms with van der Waals surface area (Å²) in [6.07, 6.45) is 1.41. The smallest absolute Gasteiger partial charge is 0.338 e. The van der Waals surface area contributed by atoms with Crippen molar-refractivity contribution in [2.75, 3.05) is 13.7 Å². The average molecular weight is 487 g/mol. The Kier molecular flexibility index (Phi) is 6.49. The van der Waals surface area contributed by atoms with Gasteiger partial charge in [0, 0.05) is 5.56 Å². The molecule has 0 amide bonds. The topological polar surface area (TPSA) is 69.9 Å². The minimum Gasteiger partial charge on any atom is -0.497 e. The molecule has 0 bridgehead atoms. The first-order chi connectivity index (χ1) is 15.8. The first kappa shape index (κ1) is 22.9. The molecule has 0 saturated heterocycles. The molecule has 3 aromatic rings. The number of carbonyl (C=O) groups excluding carboxylic acids is 1. The number of nitrogens with zero attached hydrogens (tertiary/aromatic N) is 2. The molecule has 4 rings (SSSR count). The molecule has 1 aromatic heterocycles. The Bertz CT molecular complexity index is 1420. The van der Waals surface area contributed by atoms with Crippen molar-refractivity contribution in [3.8, 4) is 5.75 Å². The van der Waals surface area contributed by atoms with Gasteiger partial charge in [-0.2, -0.15) is 0 Å². The lowest BCUT2D eigenvalue weighted by molar-refractivity contribution is -0.139. The molecule has 0 spiro atoms. The number of carbonyl (C=O) groups is 1. The van der Waals surface area contributed by atoms with E-state index in [9.17, 15) is 14.0 Å². The van der Waals surface area contributed by atoms with Gasteiger partial charge in [-0.15, -0.1) is 0 Å². The number of benzene rings is 2. The average Bonchev–Trinajstić information content (AvgIpc) is 3.10. The molecule has 0 unspecified atom stereocenters. The van der Waals surface area contributed by atoms with Gasteiger partial charge in [-0.25, -0.2) is 14.2 Å². The highest BCUT2D eigenvalue weighted by molar-refractivity contribution is 7.07. The second kappa shape index (κ2) is 9.33. The molecule has 1 aliphatic heterocycles. The van der Waals surface area contributed by atoms with Crippen molar-refractivity contribution in [3.05, 3.63) is 95.4 Å². The molecule has 2 heterocycles. The Balaban J connectivity index is 1.97. The zero-order chi connectivity index (χ0) is 23.7. The first-order valence-electron chi connectivity index (χ1n) is 10.1. The maximum atomic E-state index is 14.4. The third-order valence-corrected chi connectivity index (χ3v) is 6.54. The SMILES string of the molecule is CCOC(=O)C1=C(C)N=c2s/c(=C\c3c(F)cccc3Cl)c(=O)n2[C@H]1c1ccc(OC)cc1. The molecule has 0 saturated carbocycles. The molecule has 9 heteroatoms. The lowest BCUT2D eigenvalue weighted by Crippen LogP contribution is -2.39. The number of thiazole rings is 1. The summed E-state index contributed by atoms with van der Waals surface area (Å²) in [6, 6.07) is 10.6. The van der Waals surface area contributed by atoms with Crippen LogP contribution in [0.4, 0.5) is 4.39 Å². The summed E-state index contributed by atoms with van der Waals surface area (Å²) in [5.74, 6) is -0.451. The molecule has 33 heavy (non-hydrogen) atoms. The molecule has 0 N–H and O–H groups in total. The predicted molar refractivity (Wildman–Crippen MR) is 125 cm³/mol. The first-order valence-corrected chi connectivity index (χ1v) is 11.3. The highest BCUT2D eigenvalue weighted by Crippen LogP contribution is 2.31. The van der Waals surface area contributed by atoms with Crippen LogP contribution in [-0.2, 0) is 9.53 Å². The van der Waals surface area contributed by atoms with Crippen molar-refractivity contribution in [2.45, 2.75) is 19.9 Å². The quantitative estimate of drug-likeness (QED) is 0.517. The third-order valence-electron chi connectivity index (χ3n) is 5.22. The van der Waals surface area contributed by atoms with E-state index in [0.29, 0.717) is 21.8 Å². The number of allylic oxidation sites excluding steroid dienone is 1. The van der Waals surface area contributed by atoms with E-state index in [0.717, 1.165) is 11.3 Å². The molecule has 6 nitrogen and oxygen atoms in total. The van der Waals surface area contributed by atoms with Crippen LogP contribution in [0.25, 0.3) is 6.08 Å². The summed E-state index contributed by atoms with van der Waals surface area (Å²) in [7, 11) is 1.56. The number of aromatic nitrogens is 1. The van der Waals surface area contributed by atoms with Crippen molar-refractivity contribution in [3.63, 3.8) is 0 Å². The molecule has 0 radical (unpaired) electrons. The summed E-state index contributed by atoms with van der Waals surface area (Å²) in [5, 5.41) is 0.191. The van der Waals surface area contributed by atoms with E-state index in [1.54, 1.807) is 51.3 Å². The van der Waals surface area contributed by atoms with Gasteiger partial charge in [0.15, 0.2) is 4.80 Å². The summed E-state index contributed by atoms with van der Waals surface area (Å²) in [4.78, 5) is 31.3. The summed E-state index contributed by atoms with van der Waals surface area (Å²) in [5.41, 5.74) is 1.11. The van der Waals surface area contributed by atoms with E-state index in [1.165, 1.54) is 22.8 Å². The number of ether oxygens (including phenoxy) is 2. The summed E-state index contributed by atoms with van der Waals surface area (Å²) in [6.45, 7) is 3.60. The van der Waals surface area contributed by atoms with Crippen LogP contribution >= 0.6 is 22.9 Å². The largest absolute Gasteiger partial charge is 0.497 e. The van der Waals surface area contributed by atoms with Gasteiger partial charge >= 0.3 is 5.97 Å². The number of halogens is 2. The highest BCUT2D eigenvalue weighted by atomic mass is 35.5. The van der Waals surface area contributed by atoms with E-state index in [2.05, 4.69) is 4.99 Å². The maximum absolute atomic E-state index is 14.4. The molecular weight excluding hydrogens is 467 g/mol. The molecule has 170 valence electrons. The number of methoxy groups -OCH3 is 1. The van der Waals surface area contributed by atoms with Crippen LogP contribution in [0, 0.1) is 5.82 Å². The summed E-state index contributed by atoms with van der Waals surface area (Å²) < 4.78 is 26.5. The van der Waals surface area contributed by atoms with E-state index in [-0.39, 0.29) is 27.3 Å². The molecule has 1 atom stereocenters. The predicted octanol–water partition coefficient (Wildman–Crippen LogP) is 3.60. The second-order valence-corrected chi connectivity index (χ2v) is 8.63. The molecule has 0 aliphatic carbocycles. The van der Waals surface area contributed by atoms with Crippen molar-refractivity contribution >= 4 is 35.0 Å². The lowest BCUT2D eigenvalue weighted by atomic mass is 9.96. The minimum atomic E-state index is -0.760. The van der Waals surface area contributed by atoms with Crippen LogP contribution in [-0.4, -0.2) is 24.3 Å². The highest BCUT2D eigenvalue weighted by Gasteiger charge is 2.33. The van der Waals surface area contributed by atoms with Crippen LogP contribution in [0.3, 0.4) is 0 Å². The number of esters is 1. The third kappa shape index (κ3) is 4.24. The number of hydrogen-bond acceptors (Lipinski definition) is 6. The fourth-order valence-electron chi connectivity index (χ4n) is 3.67. The Morgan fingerprint density at radius 3 is 2.64 bits per heavy atom. The molecular formula is C24H20ClFN2O4S. The Hall–Kier alpha value is -3.23. The zero-order valence-electron chi connectivity index (χ0n) is 18.1. The van der Waals surface area contributed by atoms with Crippen LogP contribution < -0.4 is 19.6 Å². The second-order valence-electron chi connectivity index (χ2n) is 7.21. The molecule has 1 aliphatic rings. The van der Waals surface area contributed by atoms with Crippen LogP contribution in [0.5, 0.6) is 5.75 Å². The number of rotatable bonds is 5. The lowest BCUT2D eigenvalue weighted by Gasteiger charge is -2.24. The Morgan fingerprint density at radius 2 is 2.00 bits per heavy atom. The number of hydrogen-bond donors (Lipinski definition) is 0. The van der Waals surface area contributed by atoms with E-state index < -0.39 is 23.4 Å². The van der Waals surface area contributed by atoms with Gasteiger partial charge in [-0.1, -0.05) is 41.1 Å². The van der Waals surface area contributed by atoms with E-state index in [4.69, 9.17) is 21.1 Å². The van der Waals surface area contributed by atoms with Gasteiger partial charge in [-0.3, -0.25) is 9.36 Å². The van der Waals surface area contributed by atoms with Gasteiger partial charge in [-0.05, 0) is 49.8 Å². The van der Waals surface area contributed by atoms with E-state index in [1.807, 2.05) is 0 Å². The van der Waals surface area contributed by atoms with Crippen molar-refractivity contribution in [1.82, 2.24) is 4.57 Å².